The molecule has 2 N–H and O–H groups in total. The molecule has 1 aliphatic heterocycles. The Hall–Kier alpha value is -2.28. The van der Waals surface area contributed by atoms with E-state index >= 15 is 0 Å². The minimum absolute atomic E-state index is 0.106. The molecule has 1 saturated heterocycles. The molecule has 2 aliphatic rings. The summed E-state index contributed by atoms with van der Waals surface area (Å²) < 4.78 is 11.0. The average molecular weight is 374 g/mol. The van der Waals surface area contributed by atoms with Crippen molar-refractivity contribution in [2.45, 2.75) is 38.5 Å². The maximum absolute atomic E-state index is 11.7. The number of piperidine rings is 1. The van der Waals surface area contributed by atoms with E-state index in [1.54, 1.807) is 18.2 Å². The summed E-state index contributed by atoms with van der Waals surface area (Å²) in [5.41, 5.74) is -0.0316. The van der Waals surface area contributed by atoms with Gasteiger partial charge in [0.1, 0.15) is 11.1 Å². The molecule has 0 spiro atoms. The maximum Gasteiger partial charge on any atom is 0.310 e. The number of hydrogen-bond donors (Lipinski definition) is 2. The minimum atomic E-state index is -0.636. The SMILES string of the molecule is O=C(O)C1(CN2CCC(COc3noc4cccc(O)c34)CC2)CCCC1. The molecule has 4 rings (SSSR count). The third kappa shape index (κ3) is 3.60. The van der Waals surface area contributed by atoms with Gasteiger partial charge in [0.25, 0.3) is 5.88 Å². The highest BCUT2D eigenvalue weighted by molar-refractivity contribution is 5.88. The number of aliphatic carboxylic acids is 1. The fourth-order valence-corrected chi connectivity index (χ4v) is 4.47. The lowest BCUT2D eigenvalue weighted by Gasteiger charge is -2.36. The molecule has 0 amide bonds. The van der Waals surface area contributed by atoms with Gasteiger partial charge >= 0.3 is 5.97 Å². The predicted octanol–water partition coefficient (Wildman–Crippen LogP) is 3.27. The Balaban J connectivity index is 1.30. The van der Waals surface area contributed by atoms with E-state index < -0.39 is 11.4 Å². The molecule has 146 valence electrons. The normalized spacial score (nSPS) is 20.9. The summed E-state index contributed by atoms with van der Waals surface area (Å²) in [4.78, 5) is 14.0. The van der Waals surface area contributed by atoms with Crippen LogP contribution in [-0.2, 0) is 4.79 Å². The number of ether oxygens (including phenoxy) is 1. The topological polar surface area (TPSA) is 96.0 Å². The van der Waals surface area contributed by atoms with Gasteiger partial charge in [0.05, 0.1) is 12.0 Å². The molecule has 7 nitrogen and oxygen atoms in total. The van der Waals surface area contributed by atoms with E-state index in [0.29, 0.717) is 35.9 Å². The summed E-state index contributed by atoms with van der Waals surface area (Å²) >= 11 is 0. The number of nitrogens with zero attached hydrogens (tertiary/aromatic N) is 2. The van der Waals surface area contributed by atoms with E-state index in [4.69, 9.17) is 9.26 Å². The van der Waals surface area contributed by atoms with Crippen molar-refractivity contribution in [1.29, 1.82) is 0 Å². The van der Waals surface area contributed by atoms with Crippen molar-refractivity contribution in [3.63, 3.8) is 0 Å². The van der Waals surface area contributed by atoms with Crippen LogP contribution in [0.4, 0.5) is 0 Å². The Morgan fingerprint density at radius 1 is 1.30 bits per heavy atom. The second-order valence-corrected chi connectivity index (χ2v) is 7.96. The smallest absolute Gasteiger partial charge is 0.310 e. The van der Waals surface area contributed by atoms with Crippen molar-refractivity contribution < 1.29 is 24.3 Å². The second-order valence-electron chi connectivity index (χ2n) is 7.96. The van der Waals surface area contributed by atoms with Gasteiger partial charge in [-0.3, -0.25) is 4.79 Å². The largest absolute Gasteiger partial charge is 0.507 e. The summed E-state index contributed by atoms with van der Waals surface area (Å²) in [5, 5.41) is 24.1. The number of hydrogen-bond acceptors (Lipinski definition) is 6. The van der Waals surface area contributed by atoms with Gasteiger partial charge in [-0.25, -0.2) is 0 Å². The Labute approximate surface area is 157 Å². The molecule has 0 bridgehead atoms. The predicted molar refractivity (Wildman–Crippen MR) is 98.9 cm³/mol. The molecule has 2 aromatic rings. The summed E-state index contributed by atoms with van der Waals surface area (Å²) in [7, 11) is 0. The average Bonchev–Trinajstić information content (AvgIpc) is 3.30. The van der Waals surface area contributed by atoms with Crippen molar-refractivity contribution in [2.24, 2.45) is 11.3 Å². The molecular formula is C20H26N2O5. The Kier molecular flexibility index (Phi) is 4.95. The van der Waals surface area contributed by atoms with Crippen molar-refractivity contribution in [3.8, 4) is 11.6 Å². The van der Waals surface area contributed by atoms with E-state index in [2.05, 4.69) is 10.1 Å². The number of carboxylic acid groups (broad SMARTS) is 1. The van der Waals surface area contributed by atoms with Gasteiger partial charge in [-0.1, -0.05) is 18.9 Å². The van der Waals surface area contributed by atoms with Crippen LogP contribution in [0.1, 0.15) is 38.5 Å². The van der Waals surface area contributed by atoms with Crippen LogP contribution < -0.4 is 4.74 Å². The Morgan fingerprint density at radius 3 is 2.74 bits per heavy atom. The molecule has 2 heterocycles. The van der Waals surface area contributed by atoms with E-state index in [1.165, 1.54) is 0 Å². The number of aromatic nitrogens is 1. The zero-order chi connectivity index (χ0) is 18.9. The highest BCUT2D eigenvalue weighted by Gasteiger charge is 2.43. The first kappa shape index (κ1) is 18.1. The fourth-order valence-electron chi connectivity index (χ4n) is 4.47. The van der Waals surface area contributed by atoms with E-state index in [9.17, 15) is 15.0 Å². The monoisotopic (exact) mass is 374 g/mol. The number of phenols is 1. The lowest BCUT2D eigenvalue weighted by atomic mass is 9.84. The number of carboxylic acids is 1. The fraction of sp³-hybridized carbons (Fsp3) is 0.600. The van der Waals surface area contributed by atoms with E-state index in [-0.39, 0.29) is 5.75 Å². The van der Waals surface area contributed by atoms with Gasteiger partial charge in [0.15, 0.2) is 5.58 Å². The molecule has 7 heteroatoms. The third-order valence-electron chi connectivity index (χ3n) is 6.15. The highest BCUT2D eigenvalue weighted by Crippen LogP contribution is 2.40. The maximum atomic E-state index is 11.7. The van der Waals surface area contributed by atoms with E-state index in [1.807, 2.05) is 0 Å². The van der Waals surface area contributed by atoms with Crippen LogP contribution >= 0.6 is 0 Å². The van der Waals surface area contributed by atoms with Crippen molar-refractivity contribution >= 4 is 16.9 Å². The lowest BCUT2D eigenvalue weighted by Crippen LogP contribution is -2.45. The third-order valence-corrected chi connectivity index (χ3v) is 6.15. The van der Waals surface area contributed by atoms with Crippen LogP contribution in [0.15, 0.2) is 22.7 Å². The number of phenolic OH excluding ortho intramolecular Hbond substituents is 1. The standard InChI is InChI=1S/C20H26N2O5/c23-15-4-3-5-16-17(15)18(21-27-16)26-12-14-6-10-22(11-7-14)13-20(19(24)25)8-1-2-9-20/h3-5,14,23H,1-2,6-13H2,(H,24,25). The number of likely N-dealkylation sites (tertiary alicyclic amines) is 1. The summed E-state index contributed by atoms with van der Waals surface area (Å²) in [6.07, 6.45) is 5.58. The summed E-state index contributed by atoms with van der Waals surface area (Å²) in [5.74, 6) is 0.196. The summed E-state index contributed by atoms with van der Waals surface area (Å²) in [6, 6.07) is 5.04. The molecule has 1 aromatic heterocycles. The highest BCUT2D eigenvalue weighted by atomic mass is 16.5. The lowest BCUT2D eigenvalue weighted by molar-refractivity contribution is -0.150. The molecule has 2 fully saturated rings. The van der Waals surface area contributed by atoms with Crippen LogP contribution in [0.3, 0.4) is 0 Å². The van der Waals surface area contributed by atoms with E-state index in [0.717, 1.165) is 51.6 Å². The van der Waals surface area contributed by atoms with Crippen molar-refractivity contribution in [1.82, 2.24) is 10.1 Å². The van der Waals surface area contributed by atoms with Crippen LogP contribution in [0.5, 0.6) is 11.6 Å². The molecule has 27 heavy (non-hydrogen) atoms. The van der Waals surface area contributed by atoms with Gasteiger partial charge in [-0.05, 0) is 62.0 Å². The molecule has 1 aliphatic carbocycles. The quantitative estimate of drug-likeness (QED) is 0.801. The number of fused-ring (bicyclic) bond motifs is 1. The number of benzene rings is 1. The van der Waals surface area contributed by atoms with Crippen LogP contribution in [-0.4, -0.2) is 52.5 Å². The first-order chi connectivity index (χ1) is 13.1. The van der Waals surface area contributed by atoms with Crippen LogP contribution in [0.2, 0.25) is 0 Å². The number of aromatic hydroxyl groups is 1. The van der Waals surface area contributed by atoms with Gasteiger partial charge < -0.3 is 24.4 Å². The first-order valence-corrected chi connectivity index (χ1v) is 9.73. The second kappa shape index (κ2) is 7.38. The summed E-state index contributed by atoms with van der Waals surface area (Å²) in [6.45, 7) is 2.98. The Bertz CT molecular complexity index is 804. The minimum Gasteiger partial charge on any atom is -0.507 e. The number of carbonyl (C=O) groups is 1. The molecule has 0 radical (unpaired) electrons. The molecule has 0 atom stereocenters. The van der Waals surface area contributed by atoms with Gasteiger partial charge in [0, 0.05) is 6.54 Å². The molecule has 1 saturated carbocycles. The van der Waals surface area contributed by atoms with Crippen LogP contribution in [0, 0.1) is 11.3 Å². The van der Waals surface area contributed by atoms with Crippen molar-refractivity contribution in [2.75, 3.05) is 26.2 Å². The van der Waals surface area contributed by atoms with Gasteiger partial charge in [-0.2, -0.15) is 0 Å². The molecule has 1 aromatic carbocycles. The Morgan fingerprint density at radius 2 is 2.04 bits per heavy atom. The van der Waals surface area contributed by atoms with Crippen LogP contribution in [0.25, 0.3) is 11.0 Å². The first-order valence-electron chi connectivity index (χ1n) is 9.73. The zero-order valence-electron chi connectivity index (χ0n) is 15.4. The van der Waals surface area contributed by atoms with Crippen molar-refractivity contribution in [3.05, 3.63) is 18.2 Å². The zero-order valence-corrected chi connectivity index (χ0v) is 15.4. The molecule has 0 unspecified atom stereocenters. The van der Waals surface area contributed by atoms with Gasteiger partial charge in [0.2, 0.25) is 0 Å². The number of rotatable bonds is 6. The molecular weight excluding hydrogens is 348 g/mol. The van der Waals surface area contributed by atoms with Gasteiger partial charge in [-0.15, -0.1) is 0 Å².